The smallest absolute Gasteiger partial charge is 0.264 e. The number of carbonyl (C=O) groups is 3. The van der Waals surface area contributed by atoms with E-state index in [0.717, 1.165) is 22.0 Å². The lowest BCUT2D eigenvalue weighted by Crippen LogP contribution is -2.56. The van der Waals surface area contributed by atoms with Crippen molar-refractivity contribution in [1.29, 1.82) is 0 Å². The van der Waals surface area contributed by atoms with E-state index in [0.29, 0.717) is 28.1 Å². The van der Waals surface area contributed by atoms with Gasteiger partial charge in [0.15, 0.2) is 0 Å². The van der Waals surface area contributed by atoms with E-state index in [4.69, 9.17) is 4.52 Å². The first kappa shape index (κ1) is 34.8. The predicted molar refractivity (Wildman–Crippen MR) is 191 cm³/mol. The van der Waals surface area contributed by atoms with Crippen molar-refractivity contribution in [2.45, 2.75) is 43.7 Å². The van der Waals surface area contributed by atoms with Crippen LogP contribution in [0.2, 0.25) is 0 Å². The maximum atomic E-state index is 14.4. The van der Waals surface area contributed by atoms with E-state index in [1.54, 1.807) is 60.8 Å². The number of carbonyl (C=O) groups excluding carboxylic acids is 3. The molecule has 0 fully saturated rings. The maximum Gasteiger partial charge on any atom is 0.264 e. The number of aromatic amines is 1. The van der Waals surface area contributed by atoms with Gasteiger partial charge in [0.2, 0.25) is 18.1 Å². The Labute approximate surface area is 294 Å². The van der Waals surface area contributed by atoms with Crippen molar-refractivity contribution < 1.29 is 27.3 Å². The van der Waals surface area contributed by atoms with E-state index in [1.165, 1.54) is 30.5 Å². The number of aromatic nitrogens is 3. The summed E-state index contributed by atoms with van der Waals surface area (Å²) >= 11 is 0. The molecular formula is C38H36N6O6S. The first-order valence-corrected chi connectivity index (χ1v) is 17.6. The largest absolute Gasteiger partial charge is 0.361 e. The van der Waals surface area contributed by atoms with Crippen molar-refractivity contribution >= 4 is 38.6 Å². The Balaban J connectivity index is 1.33. The second kappa shape index (κ2) is 14.8. The third-order valence-electron chi connectivity index (χ3n) is 8.58. The minimum absolute atomic E-state index is 0.0350. The predicted octanol–water partition coefficient (Wildman–Crippen LogP) is 4.75. The molecule has 6 aromatic rings. The van der Waals surface area contributed by atoms with Gasteiger partial charge in [-0.2, -0.15) is 4.98 Å². The monoisotopic (exact) mass is 704 g/mol. The molecule has 12 nitrogen and oxygen atoms in total. The second-order valence-corrected chi connectivity index (χ2v) is 14.1. The number of hydrogen-bond donors (Lipinski definition) is 3. The van der Waals surface area contributed by atoms with Crippen molar-refractivity contribution in [2.75, 3.05) is 7.05 Å². The lowest BCUT2D eigenvalue weighted by molar-refractivity contribution is -0.130. The number of aryl methyl sites for hydroxylation is 2. The molecule has 4 aromatic carbocycles. The fourth-order valence-electron chi connectivity index (χ4n) is 6.02. The summed E-state index contributed by atoms with van der Waals surface area (Å²) in [4.78, 5) is 50.6. The summed E-state index contributed by atoms with van der Waals surface area (Å²) in [6, 6.07) is 25.1. The highest BCUT2D eigenvalue weighted by Crippen LogP contribution is 2.22. The van der Waals surface area contributed by atoms with Gasteiger partial charge >= 0.3 is 0 Å². The molecule has 0 radical (unpaired) electrons. The second-order valence-electron chi connectivity index (χ2n) is 12.4. The summed E-state index contributed by atoms with van der Waals surface area (Å²) in [6.07, 6.45) is 2.99. The molecule has 0 spiro atoms. The Morgan fingerprint density at radius 1 is 0.863 bits per heavy atom. The molecule has 2 atom stereocenters. The van der Waals surface area contributed by atoms with Crippen LogP contribution in [0.1, 0.15) is 32.6 Å². The molecule has 0 unspecified atom stereocenters. The molecule has 3 amide bonds. The summed E-state index contributed by atoms with van der Waals surface area (Å²) in [7, 11) is -2.73. The third-order valence-corrected chi connectivity index (χ3v) is 9.94. The normalized spacial score (nSPS) is 12.6. The zero-order valence-corrected chi connectivity index (χ0v) is 29.0. The van der Waals surface area contributed by atoms with Crippen LogP contribution in [0, 0.1) is 13.8 Å². The summed E-state index contributed by atoms with van der Waals surface area (Å²) < 4.78 is 33.5. The Bertz CT molecular complexity index is 2270. The van der Waals surface area contributed by atoms with E-state index in [1.807, 2.05) is 44.2 Å². The van der Waals surface area contributed by atoms with Gasteiger partial charge in [-0.1, -0.05) is 83.0 Å². The molecule has 0 saturated carbocycles. The molecule has 3 N–H and O–H groups in total. The molecule has 2 aromatic heterocycles. The van der Waals surface area contributed by atoms with Crippen LogP contribution < -0.4 is 10.0 Å². The minimum Gasteiger partial charge on any atom is -0.361 e. The summed E-state index contributed by atoms with van der Waals surface area (Å²) in [5, 5.41) is 7.48. The van der Waals surface area contributed by atoms with E-state index in [9.17, 15) is 22.8 Å². The highest BCUT2D eigenvalue weighted by Gasteiger charge is 2.33. The lowest BCUT2D eigenvalue weighted by atomic mass is 9.99. The molecule has 0 aliphatic carbocycles. The number of amides is 3. The number of fused-ring (bicyclic) bond motifs is 1. The molecule has 51 heavy (non-hydrogen) atoms. The van der Waals surface area contributed by atoms with Gasteiger partial charge in [0, 0.05) is 48.1 Å². The molecule has 0 aliphatic rings. The number of likely N-dealkylation sites (N-methyl/N-ethyl adjacent to an activating group) is 1. The number of hydrogen-bond acceptors (Lipinski definition) is 8. The van der Waals surface area contributed by atoms with Crippen LogP contribution in [0.3, 0.4) is 0 Å². The van der Waals surface area contributed by atoms with Crippen molar-refractivity contribution in [1.82, 2.24) is 30.1 Å². The molecule has 260 valence electrons. The first-order valence-electron chi connectivity index (χ1n) is 16.2. The molecule has 2 heterocycles. The third kappa shape index (κ3) is 8.05. The van der Waals surface area contributed by atoms with Crippen molar-refractivity contribution in [3.05, 3.63) is 137 Å². The van der Waals surface area contributed by atoms with Crippen LogP contribution in [0.4, 0.5) is 0 Å². The zero-order valence-electron chi connectivity index (χ0n) is 28.2. The van der Waals surface area contributed by atoms with Gasteiger partial charge in [-0.25, -0.2) is 13.1 Å². The average molecular weight is 705 g/mol. The Morgan fingerprint density at radius 2 is 1.55 bits per heavy atom. The van der Waals surface area contributed by atoms with Gasteiger partial charge in [0.1, 0.15) is 12.1 Å². The number of H-pyrrole nitrogens is 1. The van der Waals surface area contributed by atoms with Gasteiger partial charge in [-0.3, -0.25) is 14.4 Å². The van der Waals surface area contributed by atoms with Gasteiger partial charge in [0.25, 0.3) is 21.8 Å². The van der Waals surface area contributed by atoms with E-state index < -0.39 is 39.8 Å². The van der Waals surface area contributed by atoms with Crippen LogP contribution in [-0.2, 0) is 32.5 Å². The van der Waals surface area contributed by atoms with Crippen molar-refractivity contribution in [2.24, 2.45) is 0 Å². The molecule has 6 rings (SSSR count). The van der Waals surface area contributed by atoms with Crippen LogP contribution in [0.15, 0.2) is 119 Å². The first-order chi connectivity index (χ1) is 24.5. The van der Waals surface area contributed by atoms with Crippen molar-refractivity contribution in [3.8, 4) is 11.4 Å². The van der Waals surface area contributed by atoms with E-state index in [-0.39, 0.29) is 17.7 Å². The summed E-state index contributed by atoms with van der Waals surface area (Å²) in [5.41, 5.74) is 5.10. The number of para-hydroxylation sites is 1. The fraction of sp³-hybridized carbons (Fsp3) is 0.184. The topological polar surface area (TPSA) is 167 Å². The van der Waals surface area contributed by atoms with Gasteiger partial charge in [-0.15, -0.1) is 0 Å². The molecule has 0 aliphatic heterocycles. The van der Waals surface area contributed by atoms with Gasteiger partial charge in [-0.05, 0) is 55.3 Å². The summed E-state index contributed by atoms with van der Waals surface area (Å²) in [6.45, 7) is 3.77. The number of sulfonamides is 1. The number of nitrogens with one attached hydrogen (secondary N) is 3. The van der Waals surface area contributed by atoms with E-state index in [2.05, 4.69) is 25.2 Å². The Hall–Kier alpha value is -6.08. The molecular weight excluding hydrogens is 669 g/mol. The minimum atomic E-state index is -4.27. The molecule has 0 saturated heterocycles. The van der Waals surface area contributed by atoms with Gasteiger partial charge in [0.05, 0.1) is 4.90 Å². The highest BCUT2D eigenvalue weighted by atomic mass is 32.2. The summed E-state index contributed by atoms with van der Waals surface area (Å²) in [5.74, 6) is -1.57. The molecule has 13 heteroatoms. The number of rotatable bonds is 12. The Morgan fingerprint density at radius 3 is 2.24 bits per heavy atom. The standard InChI is InChI=1S/C38H36N6O6S/c1-24-17-25(2)19-28(18-24)38(47)44(3)34(20-26-13-15-27(16-14-26)35-40-23-50-42-35)37(46)41-33(21-29-22-39-32-12-8-7-11-31(29)32)36(45)43-51(48,49)30-9-5-4-6-10-30/h4-19,22-23,33-34,39H,20-21H2,1-3H3,(H,41,46)(H,43,45)/t33-,34+/m0/s1. The number of benzene rings is 4. The quantitative estimate of drug-likeness (QED) is 0.164. The van der Waals surface area contributed by atoms with Crippen LogP contribution in [0.5, 0.6) is 0 Å². The maximum absolute atomic E-state index is 14.4. The lowest BCUT2D eigenvalue weighted by Gasteiger charge is -2.29. The van der Waals surface area contributed by atoms with E-state index >= 15 is 0 Å². The highest BCUT2D eigenvalue weighted by molar-refractivity contribution is 7.90. The fourth-order valence-corrected chi connectivity index (χ4v) is 7.06. The van der Waals surface area contributed by atoms with Crippen molar-refractivity contribution in [3.63, 3.8) is 0 Å². The van der Waals surface area contributed by atoms with Crippen LogP contribution in [-0.4, -0.2) is 65.3 Å². The Kier molecular flexibility index (Phi) is 10.1. The average Bonchev–Trinajstić information content (AvgIpc) is 3.81. The van der Waals surface area contributed by atoms with Gasteiger partial charge < -0.3 is 19.7 Å². The number of nitrogens with zero attached hydrogens (tertiary/aromatic N) is 3. The molecule has 0 bridgehead atoms. The zero-order chi connectivity index (χ0) is 36.1. The van der Waals surface area contributed by atoms with Crippen LogP contribution >= 0.6 is 0 Å². The SMILES string of the molecule is Cc1cc(C)cc(C(=O)N(C)[C@H](Cc2ccc(-c3ncon3)cc2)C(=O)N[C@@H](Cc2c[nH]c3ccccc23)C(=O)NS(=O)(=O)c2ccccc2)c1. The van der Waals surface area contributed by atoms with Crippen LogP contribution in [0.25, 0.3) is 22.3 Å².